The van der Waals surface area contributed by atoms with Gasteiger partial charge < -0.3 is 0 Å². The molecule has 0 aromatic carbocycles. The fourth-order valence-electron chi connectivity index (χ4n) is 6.86. The number of unbranched alkanes of at least 4 members (excludes halogenated alkanes) is 1. The van der Waals surface area contributed by atoms with Crippen molar-refractivity contribution in [3.05, 3.63) is 0 Å². The second-order valence-corrected chi connectivity index (χ2v) is 16.3. The van der Waals surface area contributed by atoms with E-state index in [0.717, 1.165) is 47.3 Å². The second-order valence-electron chi connectivity index (χ2n) is 16.3. The van der Waals surface area contributed by atoms with E-state index in [0.29, 0.717) is 0 Å². The van der Waals surface area contributed by atoms with Crippen LogP contribution < -0.4 is 0 Å². The third-order valence-corrected chi connectivity index (χ3v) is 10.2. The van der Waals surface area contributed by atoms with Gasteiger partial charge in [-0.25, -0.2) is 0 Å². The Kier molecular flexibility index (Phi) is 26.6. The summed E-state index contributed by atoms with van der Waals surface area (Å²) in [5, 5.41) is 0. The van der Waals surface area contributed by atoms with Crippen LogP contribution in [0.2, 0.25) is 0 Å². The van der Waals surface area contributed by atoms with Gasteiger partial charge in [0.25, 0.3) is 0 Å². The molecule has 0 fully saturated rings. The zero-order chi connectivity index (χ0) is 30.2. The molecule has 40 heavy (non-hydrogen) atoms. The lowest BCUT2D eigenvalue weighted by atomic mass is 9.89. The standard InChI is InChI=1S/C40H82/c1-33(2)19-13-23-37(7)27-17-31-39(9)29-15-25-35(5)21-11-12-22-36(6)26-16-30-40(10)32-18-28-38(8)24-14-20-34(3)4/h33-40H,11-32H2,1-10H3. The van der Waals surface area contributed by atoms with Crippen molar-refractivity contribution in [1.82, 2.24) is 0 Å². The topological polar surface area (TPSA) is 0 Å². The highest BCUT2D eigenvalue weighted by atomic mass is 14.2. The molecular weight excluding hydrogens is 480 g/mol. The van der Waals surface area contributed by atoms with Crippen LogP contribution in [0.1, 0.15) is 210 Å². The molecule has 0 radical (unpaired) electrons. The van der Waals surface area contributed by atoms with E-state index in [1.165, 1.54) is 141 Å². The molecule has 0 aromatic rings. The van der Waals surface area contributed by atoms with Crippen LogP contribution in [0.25, 0.3) is 0 Å². The first-order chi connectivity index (χ1) is 19.0. The minimum atomic E-state index is 0.875. The summed E-state index contributed by atoms with van der Waals surface area (Å²) in [5.74, 6) is 7.35. The fraction of sp³-hybridized carbons (Fsp3) is 1.00. The van der Waals surface area contributed by atoms with Crippen molar-refractivity contribution in [1.29, 1.82) is 0 Å². The molecule has 0 heteroatoms. The summed E-state index contributed by atoms with van der Waals surface area (Å²) < 4.78 is 0. The Bertz CT molecular complexity index is 458. The molecule has 0 nitrogen and oxygen atoms in total. The summed E-state index contributed by atoms with van der Waals surface area (Å²) in [7, 11) is 0. The SMILES string of the molecule is CC(C)CCCC(C)CCCC(C)CCCC(C)CCCCC(C)CCCC(C)CCCC(C)CCCC(C)C. The number of rotatable bonds is 29. The predicted octanol–water partition coefficient (Wildman–Crippen LogP) is 14.7. The van der Waals surface area contributed by atoms with Crippen LogP contribution >= 0.6 is 0 Å². The van der Waals surface area contributed by atoms with Gasteiger partial charge in [-0.15, -0.1) is 0 Å². The third kappa shape index (κ3) is 28.1. The molecular formula is C40H82. The van der Waals surface area contributed by atoms with Gasteiger partial charge in [-0.3, -0.25) is 0 Å². The molecule has 242 valence electrons. The highest BCUT2D eigenvalue weighted by molar-refractivity contribution is 4.64. The lowest BCUT2D eigenvalue weighted by molar-refractivity contribution is 0.360. The molecule has 0 saturated heterocycles. The van der Waals surface area contributed by atoms with Gasteiger partial charge in [-0.2, -0.15) is 0 Å². The van der Waals surface area contributed by atoms with Gasteiger partial charge in [0.15, 0.2) is 0 Å². The van der Waals surface area contributed by atoms with Gasteiger partial charge >= 0.3 is 0 Å². The molecule has 0 aliphatic heterocycles. The molecule has 0 amide bonds. The maximum Gasteiger partial charge on any atom is -0.0443 e. The van der Waals surface area contributed by atoms with E-state index in [1.54, 1.807) is 0 Å². The van der Waals surface area contributed by atoms with E-state index in [-0.39, 0.29) is 0 Å². The van der Waals surface area contributed by atoms with Crippen LogP contribution in [0, 0.1) is 47.3 Å². The summed E-state index contributed by atoms with van der Waals surface area (Å²) in [6.45, 7) is 24.4. The summed E-state index contributed by atoms with van der Waals surface area (Å²) >= 11 is 0. The zero-order valence-corrected chi connectivity index (χ0v) is 30.2. The first-order valence-electron chi connectivity index (χ1n) is 19.0. The van der Waals surface area contributed by atoms with Gasteiger partial charge in [-0.05, 0) is 47.3 Å². The normalized spacial score (nSPS) is 16.8. The molecule has 6 unspecified atom stereocenters. The molecule has 0 N–H and O–H groups in total. The van der Waals surface area contributed by atoms with E-state index in [9.17, 15) is 0 Å². The van der Waals surface area contributed by atoms with Crippen LogP contribution in [0.4, 0.5) is 0 Å². The molecule has 0 bridgehead atoms. The molecule has 0 spiro atoms. The summed E-state index contributed by atoms with van der Waals surface area (Å²) in [6, 6.07) is 0. The fourth-order valence-corrected chi connectivity index (χ4v) is 6.86. The van der Waals surface area contributed by atoms with Crippen LogP contribution in [0.15, 0.2) is 0 Å². The van der Waals surface area contributed by atoms with Crippen LogP contribution in [0.3, 0.4) is 0 Å². The first kappa shape index (κ1) is 40.0. The zero-order valence-electron chi connectivity index (χ0n) is 30.2. The van der Waals surface area contributed by atoms with Gasteiger partial charge in [0.1, 0.15) is 0 Å². The Morgan fingerprint density at radius 1 is 0.200 bits per heavy atom. The van der Waals surface area contributed by atoms with Crippen molar-refractivity contribution in [2.24, 2.45) is 47.3 Å². The van der Waals surface area contributed by atoms with Gasteiger partial charge in [-0.1, -0.05) is 210 Å². The maximum atomic E-state index is 2.51. The second kappa shape index (κ2) is 26.6. The molecule has 0 rings (SSSR count). The van der Waals surface area contributed by atoms with E-state index in [2.05, 4.69) is 69.2 Å². The third-order valence-electron chi connectivity index (χ3n) is 10.2. The van der Waals surface area contributed by atoms with Crippen molar-refractivity contribution in [3.63, 3.8) is 0 Å². The Hall–Kier alpha value is 0. The van der Waals surface area contributed by atoms with E-state index in [4.69, 9.17) is 0 Å². The lowest BCUT2D eigenvalue weighted by Gasteiger charge is -2.17. The summed E-state index contributed by atoms with van der Waals surface area (Å²) in [6.07, 6.45) is 31.9. The first-order valence-corrected chi connectivity index (χ1v) is 19.0. The Balaban J connectivity index is 3.63. The largest absolute Gasteiger partial charge is 0.0628 e. The molecule has 0 saturated carbocycles. The van der Waals surface area contributed by atoms with E-state index in [1.807, 2.05) is 0 Å². The average molecular weight is 563 g/mol. The number of hydrogen-bond donors (Lipinski definition) is 0. The predicted molar refractivity (Wildman–Crippen MR) is 186 cm³/mol. The van der Waals surface area contributed by atoms with Crippen LogP contribution in [-0.4, -0.2) is 0 Å². The quantitative estimate of drug-likeness (QED) is 0.0795. The van der Waals surface area contributed by atoms with Crippen LogP contribution in [0.5, 0.6) is 0 Å². The minimum absolute atomic E-state index is 0.875. The van der Waals surface area contributed by atoms with Gasteiger partial charge in [0.2, 0.25) is 0 Å². The molecule has 6 atom stereocenters. The molecule has 0 aromatic heterocycles. The van der Waals surface area contributed by atoms with Crippen molar-refractivity contribution >= 4 is 0 Å². The minimum Gasteiger partial charge on any atom is -0.0628 e. The van der Waals surface area contributed by atoms with Crippen molar-refractivity contribution in [2.75, 3.05) is 0 Å². The van der Waals surface area contributed by atoms with Gasteiger partial charge in [0, 0.05) is 0 Å². The molecule has 0 aliphatic rings. The van der Waals surface area contributed by atoms with Crippen LogP contribution in [-0.2, 0) is 0 Å². The smallest absolute Gasteiger partial charge is 0.0443 e. The van der Waals surface area contributed by atoms with Crippen molar-refractivity contribution in [2.45, 2.75) is 210 Å². The highest BCUT2D eigenvalue weighted by Crippen LogP contribution is 2.26. The van der Waals surface area contributed by atoms with E-state index < -0.39 is 0 Å². The monoisotopic (exact) mass is 563 g/mol. The van der Waals surface area contributed by atoms with E-state index >= 15 is 0 Å². The molecule has 0 heterocycles. The Morgan fingerprint density at radius 3 is 0.525 bits per heavy atom. The van der Waals surface area contributed by atoms with Crippen molar-refractivity contribution in [3.8, 4) is 0 Å². The Morgan fingerprint density at radius 2 is 0.350 bits per heavy atom. The Labute approximate surface area is 257 Å². The lowest BCUT2D eigenvalue weighted by Crippen LogP contribution is -2.02. The van der Waals surface area contributed by atoms with Gasteiger partial charge in [0.05, 0.1) is 0 Å². The summed E-state index contributed by atoms with van der Waals surface area (Å²) in [4.78, 5) is 0. The summed E-state index contributed by atoms with van der Waals surface area (Å²) in [5.41, 5.74) is 0. The molecule has 0 aliphatic carbocycles. The number of hydrogen-bond acceptors (Lipinski definition) is 0. The maximum absolute atomic E-state index is 2.51. The average Bonchev–Trinajstić information content (AvgIpc) is 2.86. The highest BCUT2D eigenvalue weighted by Gasteiger charge is 2.10. The van der Waals surface area contributed by atoms with Crippen molar-refractivity contribution < 1.29 is 0 Å².